The maximum atomic E-state index is 12.4. The number of phenols is 1. The van der Waals surface area contributed by atoms with Gasteiger partial charge in [0, 0.05) is 17.7 Å². The van der Waals surface area contributed by atoms with E-state index in [9.17, 15) is 9.90 Å². The highest BCUT2D eigenvalue weighted by Crippen LogP contribution is 2.25. The van der Waals surface area contributed by atoms with Crippen LogP contribution in [0.1, 0.15) is 44.1 Å². The van der Waals surface area contributed by atoms with Crippen LogP contribution in [0.5, 0.6) is 5.75 Å². The van der Waals surface area contributed by atoms with Crippen molar-refractivity contribution in [3.8, 4) is 5.75 Å². The first-order valence-corrected chi connectivity index (χ1v) is 8.60. The van der Waals surface area contributed by atoms with Gasteiger partial charge in [0.15, 0.2) is 5.76 Å². The highest BCUT2D eigenvalue weighted by atomic mass is 16.3. The molecule has 134 valence electrons. The molecule has 3 rings (SSSR count). The zero-order chi connectivity index (χ0) is 18.8. The molecular weight excluding hydrogens is 326 g/mol. The molecule has 0 bridgehead atoms. The third-order valence-electron chi connectivity index (χ3n) is 4.63. The Morgan fingerprint density at radius 2 is 1.73 bits per heavy atom. The van der Waals surface area contributed by atoms with E-state index in [-0.39, 0.29) is 17.4 Å². The number of amides is 1. The lowest BCUT2D eigenvalue weighted by molar-refractivity contribution is 0.0995. The second-order valence-electron chi connectivity index (χ2n) is 6.72. The van der Waals surface area contributed by atoms with Gasteiger partial charge < -0.3 is 14.8 Å². The summed E-state index contributed by atoms with van der Waals surface area (Å²) >= 11 is 0. The molecule has 0 saturated carbocycles. The number of phenolic OH excluding ortho intramolecular Hbond substituents is 1. The zero-order valence-corrected chi connectivity index (χ0v) is 15.5. The minimum Gasteiger partial charge on any atom is -0.508 e. The molecule has 0 aliphatic rings. The number of carbonyl (C=O) groups excluding carboxylic acids is 1. The van der Waals surface area contributed by atoms with Crippen LogP contribution in [0.15, 0.2) is 46.9 Å². The first-order valence-electron chi connectivity index (χ1n) is 8.60. The summed E-state index contributed by atoms with van der Waals surface area (Å²) in [6.07, 6.45) is 0.649. The highest BCUT2D eigenvalue weighted by molar-refractivity contribution is 6.02. The van der Waals surface area contributed by atoms with Crippen molar-refractivity contribution in [3.05, 3.63) is 81.8 Å². The van der Waals surface area contributed by atoms with Crippen molar-refractivity contribution in [1.29, 1.82) is 0 Å². The third kappa shape index (κ3) is 3.64. The maximum absolute atomic E-state index is 12.4. The van der Waals surface area contributed by atoms with Gasteiger partial charge in [-0.3, -0.25) is 4.79 Å². The SMILES string of the molecule is Cc1cc(C)c(Cc2ccc(C(=O)Nc3cccc(O)c3C)o2)c(C)c1. The second-order valence-corrected chi connectivity index (χ2v) is 6.72. The molecule has 2 N–H and O–H groups in total. The smallest absolute Gasteiger partial charge is 0.291 e. The lowest BCUT2D eigenvalue weighted by atomic mass is 9.97. The van der Waals surface area contributed by atoms with Crippen molar-refractivity contribution in [1.82, 2.24) is 0 Å². The Kier molecular flexibility index (Phi) is 4.85. The third-order valence-corrected chi connectivity index (χ3v) is 4.63. The van der Waals surface area contributed by atoms with Crippen LogP contribution in [-0.4, -0.2) is 11.0 Å². The van der Waals surface area contributed by atoms with Gasteiger partial charge in [-0.05, 0) is 68.7 Å². The Labute approximate surface area is 153 Å². The highest BCUT2D eigenvalue weighted by Gasteiger charge is 2.15. The lowest BCUT2D eigenvalue weighted by Gasteiger charge is -2.10. The van der Waals surface area contributed by atoms with E-state index in [0.717, 1.165) is 5.76 Å². The Balaban J connectivity index is 1.78. The number of anilines is 1. The summed E-state index contributed by atoms with van der Waals surface area (Å²) in [5, 5.41) is 12.5. The molecule has 0 aliphatic heterocycles. The minimum atomic E-state index is -0.331. The molecule has 0 atom stereocenters. The summed E-state index contributed by atoms with van der Waals surface area (Å²) in [5.41, 5.74) is 6.10. The van der Waals surface area contributed by atoms with Crippen LogP contribution in [0.3, 0.4) is 0 Å². The molecule has 4 heteroatoms. The van der Waals surface area contributed by atoms with E-state index in [2.05, 4.69) is 38.2 Å². The van der Waals surface area contributed by atoms with Crippen molar-refractivity contribution < 1.29 is 14.3 Å². The first-order chi connectivity index (χ1) is 12.3. The second kappa shape index (κ2) is 7.08. The standard InChI is InChI=1S/C22H23NO3/c1-13-10-14(2)18(15(3)11-13)12-17-8-9-21(26-17)22(25)23-19-6-5-7-20(24)16(19)4/h5-11,24H,12H2,1-4H3,(H,23,25). The van der Waals surface area contributed by atoms with Gasteiger partial charge in [0.2, 0.25) is 0 Å². The summed E-state index contributed by atoms with van der Waals surface area (Å²) in [6, 6.07) is 12.9. The number of furan rings is 1. The van der Waals surface area contributed by atoms with Crippen LogP contribution in [-0.2, 0) is 6.42 Å². The molecule has 0 radical (unpaired) electrons. The van der Waals surface area contributed by atoms with E-state index in [1.54, 1.807) is 31.2 Å². The summed E-state index contributed by atoms with van der Waals surface area (Å²) in [7, 11) is 0. The van der Waals surface area contributed by atoms with Gasteiger partial charge in [-0.25, -0.2) is 0 Å². The van der Waals surface area contributed by atoms with Gasteiger partial charge in [0.05, 0.1) is 0 Å². The largest absolute Gasteiger partial charge is 0.508 e. The number of hydrogen-bond acceptors (Lipinski definition) is 3. The number of hydrogen-bond donors (Lipinski definition) is 2. The van der Waals surface area contributed by atoms with Crippen LogP contribution >= 0.6 is 0 Å². The van der Waals surface area contributed by atoms with Crippen molar-refractivity contribution in [3.63, 3.8) is 0 Å². The molecule has 1 heterocycles. The summed E-state index contributed by atoms with van der Waals surface area (Å²) in [5.74, 6) is 0.818. The molecule has 1 amide bonds. The predicted octanol–water partition coefficient (Wildman–Crippen LogP) is 5.06. The molecule has 26 heavy (non-hydrogen) atoms. The summed E-state index contributed by atoms with van der Waals surface area (Å²) in [4.78, 5) is 12.4. The fourth-order valence-electron chi connectivity index (χ4n) is 3.20. The number of rotatable bonds is 4. The average Bonchev–Trinajstić information content (AvgIpc) is 3.04. The van der Waals surface area contributed by atoms with Crippen molar-refractivity contribution in [2.24, 2.45) is 0 Å². The molecule has 0 aliphatic carbocycles. The maximum Gasteiger partial charge on any atom is 0.291 e. The van der Waals surface area contributed by atoms with Crippen LogP contribution < -0.4 is 5.32 Å². The number of benzene rings is 2. The Bertz CT molecular complexity index is 946. The summed E-state index contributed by atoms with van der Waals surface area (Å²) in [6.45, 7) is 8.02. The minimum absolute atomic E-state index is 0.147. The fourth-order valence-corrected chi connectivity index (χ4v) is 3.20. The Morgan fingerprint density at radius 3 is 2.42 bits per heavy atom. The molecule has 3 aromatic rings. The van der Waals surface area contributed by atoms with Crippen molar-refractivity contribution in [2.45, 2.75) is 34.1 Å². The van der Waals surface area contributed by atoms with Crippen LogP contribution in [0.4, 0.5) is 5.69 Å². The van der Waals surface area contributed by atoms with E-state index in [4.69, 9.17) is 4.42 Å². The van der Waals surface area contributed by atoms with Gasteiger partial charge in [0.1, 0.15) is 11.5 Å². The normalized spacial score (nSPS) is 10.8. The van der Waals surface area contributed by atoms with Crippen molar-refractivity contribution in [2.75, 3.05) is 5.32 Å². The van der Waals surface area contributed by atoms with Gasteiger partial charge in [-0.2, -0.15) is 0 Å². The first kappa shape index (κ1) is 17.8. The molecule has 1 aromatic heterocycles. The van der Waals surface area contributed by atoms with E-state index in [1.807, 2.05) is 6.07 Å². The van der Waals surface area contributed by atoms with E-state index in [0.29, 0.717) is 17.7 Å². The quantitative estimate of drug-likeness (QED) is 0.692. The van der Waals surface area contributed by atoms with Gasteiger partial charge in [-0.15, -0.1) is 0 Å². The number of aromatic hydroxyl groups is 1. The zero-order valence-electron chi connectivity index (χ0n) is 15.5. The van der Waals surface area contributed by atoms with Gasteiger partial charge >= 0.3 is 0 Å². The molecule has 0 saturated heterocycles. The Morgan fingerprint density at radius 1 is 1.04 bits per heavy atom. The topological polar surface area (TPSA) is 62.5 Å². The number of carbonyl (C=O) groups is 1. The molecule has 2 aromatic carbocycles. The van der Waals surface area contributed by atoms with Crippen molar-refractivity contribution >= 4 is 11.6 Å². The average molecular weight is 349 g/mol. The van der Waals surface area contributed by atoms with Crippen LogP contribution in [0.25, 0.3) is 0 Å². The van der Waals surface area contributed by atoms with Gasteiger partial charge in [0.25, 0.3) is 5.91 Å². The Hall–Kier alpha value is -3.01. The monoisotopic (exact) mass is 349 g/mol. The van der Waals surface area contributed by atoms with E-state index < -0.39 is 0 Å². The summed E-state index contributed by atoms with van der Waals surface area (Å²) < 4.78 is 5.76. The van der Waals surface area contributed by atoms with E-state index in [1.165, 1.54) is 22.3 Å². The number of aryl methyl sites for hydroxylation is 3. The molecule has 0 unspecified atom stereocenters. The molecular formula is C22H23NO3. The van der Waals surface area contributed by atoms with Gasteiger partial charge in [-0.1, -0.05) is 23.8 Å². The fraction of sp³-hybridized carbons (Fsp3) is 0.227. The van der Waals surface area contributed by atoms with E-state index >= 15 is 0 Å². The van der Waals surface area contributed by atoms with Crippen LogP contribution in [0, 0.1) is 27.7 Å². The molecule has 0 spiro atoms. The predicted molar refractivity (Wildman–Crippen MR) is 103 cm³/mol. The molecule has 4 nitrogen and oxygen atoms in total. The molecule has 0 fully saturated rings. The number of nitrogens with one attached hydrogen (secondary N) is 1. The van der Waals surface area contributed by atoms with Crippen LogP contribution in [0.2, 0.25) is 0 Å². The lowest BCUT2D eigenvalue weighted by Crippen LogP contribution is -2.11.